The minimum atomic E-state index is -4.40. The maximum Gasteiger partial charge on any atom is 0.339 e. The fraction of sp³-hybridized carbons (Fsp3) is 0.375. The lowest BCUT2D eigenvalue weighted by atomic mass is 9.85. The number of urea groups is 1. The molecule has 16 nitrogen and oxygen atoms in total. The molecule has 2 aliphatic heterocycles. The number of hydroxylamine groups is 1. The Labute approximate surface area is 205 Å². The number of carbonyl (C=O) groups is 4. The summed E-state index contributed by atoms with van der Waals surface area (Å²) in [7, 11) is -4.40. The molecule has 4 unspecified atom stereocenters. The molecular weight excluding hydrogens is 528 g/mol. The van der Waals surface area contributed by atoms with E-state index in [0.717, 1.165) is 27.7 Å². The second-order valence-electron chi connectivity index (χ2n) is 7.55. The number of rotatable bonds is 7. The Kier molecular flexibility index (Phi) is 6.13. The Balaban J connectivity index is 1.44. The van der Waals surface area contributed by atoms with Crippen LogP contribution in [0.15, 0.2) is 11.4 Å². The molecule has 2 aliphatic rings. The van der Waals surface area contributed by atoms with E-state index < -0.39 is 57.8 Å². The first-order chi connectivity index (χ1) is 16.4. The lowest BCUT2D eigenvalue weighted by Crippen LogP contribution is -2.78. The SMILES string of the molecule is Cc1cc(NS(=O)(=O)NC(=O)N2C(=O)C(NC(=O)C3(c4csc(N)n4)NOC3C(=O)O)C2C)ns1. The van der Waals surface area contributed by atoms with E-state index in [1.54, 1.807) is 11.6 Å². The van der Waals surface area contributed by atoms with Gasteiger partial charge in [-0.05, 0) is 31.4 Å². The van der Waals surface area contributed by atoms with E-state index in [9.17, 15) is 32.7 Å². The van der Waals surface area contributed by atoms with Crippen molar-refractivity contribution in [2.24, 2.45) is 0 Å². The number of carboxylic acid groups (broad SMARTS) is 1. The number of carbonyl (C=O) groups excluding carboxylic acids is 3. The van der Waals surface area contributed by atoms with Crippen molar-refractivity contribution in [2.45, 2.75) is 37.6 Å². The van der Waals surface area contributed by atoms with E-state index >= 15 is 0 Å². The third kappa shape index (κ3) is 4.27. The van der Waals surface area contributed by atoms with Gasteiger partial charge >= 0.3 is 22.2 Å². The summed E-state index contributed by atoms with van der Waals surface area (Å²) in [6.07, 6.45) is -1.67. The Hall–Kier alpha value is -3.39. The van der Waals surface area contributed by atoms with Crippen molar-refractivity contribution < 1.29 is 37.5 Å². The van der Waals surface area contributed by atoms with Crippen molar-refractivity contribution in [1.82, 2.24) is 29.8 Å². The topological polar surface area (TPSA) is 235 Å². The molecule has 2 aromatic rings. The molecule has 19 heteroatoms. The van der Waals surface area contributed by atoms with Gasteiger partial charge in [0, 0.05) is 10.3 Å². The fourth-order valence-electron chi connectivity index (χ4n) is 3.50. The smallest absolute Gasteiger partial charge is 0.339 e. The summed E-state index contributed by atoms with van der Waals surface area (Å²) >= 11 is 2.01. The Morgan fingerprint density at radius 3 is 2.57 bits per heavy atom. The first kappa shape index (κ1) is 24.7. The number of aryl methyl sites for hydroxylation is 1. The average Bonchev–Trinajstić information content (AvgIpc) is 3.32. The summed E-state index contributed by atoms with van der Waals surface area (Å²) in [5.41, 5.74) is 5.90. The van der Waals surface area contributed by atoms with Gasteiger partial charge in [-0.1, -0.05) is 0 Å². The van der Waals surface area contributed by atoms with Gasteiger partial charge in [-0.25, -0.2) is 24.0 Å². The molecule has 4 amide bonds. The molecule has 0 spiro atoms. The average molecular weight is 547 g/mol. The van der Waals surface area contributed by atoms with Crippen LogP contribution in [0.1, 0.15) is 17.5 Å². The van der Waals surface area contributed by atoms with Crippen molar-refractivity contribution in [1.29, 1.82) is 0 Å². The number of amides is 4. The summed E-state index contributed by atoms with van der Waals surface area (Å²) in [6.45, 7) is 3.10. The maximum atomic E-state index is 13.1. The van der Waals surface area contributed by atoms with Gasteiger partial charge in [-0.2, -0.15) is 18.3 Å². The lowest BCUT2D eigenvalue weighted by Gasteiger charge is -2.48. The second kappa shape index (κ2) is 8.68. The second-order valence-corrected chi connectivity index (χ2v) is 10.9. The van der Waals surface area contributed by atoms with Crippen LogP contribution in [0.4, 0.5) is 15.7 Å². The minimum absolute atomic E-state index is 0.00268. The summed E-state index contributed by atoms with van der Waals surface area (Å²) in [6, 6.07) is -2.02. The van der Waals surface area contributed by atoms with E-state index in [0.29, 0.717) is 4.90 Å². The van der Waals surface area contributed by atoms with Gasteiger partial charge in [0.15, 0.2) is 10.9 Å². The predicted molar refractivity (Wildman–Crippen MR) is 120 cm³/mol. The number of β-lactam (4-membered cyclic amide) rings is 1. The molecule has 0 saturated carbocycles. The van der Waals surface area contributed by atoms with E-state index in [1.165, 1.54) is 18.4 Å². The summed E-state index contributed by atoms with van der Waals surface area (Å²) in [5, 5.41) is 13.2. The van der Waals surface area contributed by atoms with E-state index in [-0.39, 0.29) is 16.6 Å². The van der Waals surface area contributed by atoms with Crippen LogP contribution < -0.4 is 26.0 Å². The molecule has 2 fully saturated rings. The van der Waals surface area contributed by atoms with Gasteiger partial charge < -0.3 is 16.2 Å². The maximum absolute atomic E-state index is 13.1. The van der Waals surface area contributed by atoms with E-state index in [2.05, 4.69) is 24.9 Å². The van der Waals surface area contributed by atoms with Crippen molar-refractivity contribution in [3.63, 3.8) is 0 Å². The first-order valence-corrected chi connectivity index (χ1v) is 12.8. The number of carboxylic acids is 1. The van der Waals surface area contributed by atoms with Crippen molar-refractivity contribution >= 4 is 67.8 Å². The number of imide groups is 1. The molecule has 35 heavy (non-hydrogen) atoms. The number of anilines is 2. The highest BCUT2D eigenvalue weighted by Gasteiger charge is 2.63. The summed E-state index contributed by atoms with van der Waals surface area (Å²) in [4.78, 5) is 59.8. The zero-order valence-corrected chi connectivity index (χ0v) is 20.3. The summed E-state index contributed by atoms with van der Waals surface area (Å²) < 4.78 is 32.0. The van der Waals surface area contributed by atoms with Crippen LogP contribution in [-0.4, -0.2) is 69.8 Å². The predicted octanol–water partition coefficient (Wildman–Crippen LogP) is -1.54. The number of aliphatic carboxylic acids is 1. The minimum Gasteiger partial charge on any atom is -0.479 e. The number of nitrogens with two attached hydrogens (primary N) is 1. The van der Waals surface area contributed by atoms with Gasteiger partial charge in [0.25, 0.3) is 11.8 Å². The van der Waals surface area contributed by atoms with E-state index in [1.807, 2.05) is 0 Å². The largest absolute Gasteiger partial charge is 0.479 e. The Morgan fingerprint density at radius 2 is 2.09 bits per heavy atom. The molecule has 0 bridgehead atoms. The van der Waals surface area contributed by atoms with Crippen LogP contribution >= 0.6 is 22.9 Å². The third-order valence-electron chi connectivity index (χ3n) is 5.23. The van der Waals surface area contributed by atoms with Gasteiger partial charge in [-0.3, -0.25) is 19.3 Å². The van der Waals surface area contributed by atoms with Gasteiger partial charge in [-0.15, -0.1) is 11.3 Å². The molecule has 2 saturated heterocycles. The van der Waals surface area contributed by atoms with Gasteiger partial charge in [0.05, 0.1) is 11.7 Å². The van der Waals surface area contributed by atoms with Crippen molar-refractivity contribution in [2.75, 3.05) is 10.5 Å². The number of nitrogen functional groups attached to an aromatic ring is 1. The molecular formula is C16H18N8O8S3. The number of hydrogen-bond donors (Lipinski definition) is 6. The van der Waals surface area contributed by atoms with Crippen LogP contribution in [0.25, 0.3) is 0 Å². The number of nitrogens with zero attached hydrogens (tertiary/aromatic N) is 3. The standard InChI is InChI=1S/C16H18N8O8S3/c1-5-3-8(20-34-5)21-35(30,31)22-15(29)24-6(2)9(11(24)25)19-13(28)16(7-4-33-14(17)18-7)10(12(26)27)32-23-16/h3-4,6,9-10,23H,1-2H3,(H2,17,18)(H,19,28)(H,20,21)(H,22,29)(H,26,27). The first-order valence-electron chi connectivity index (χ1n) is 9.64. The molecule has 0 aromatic carbocycles. The van der Waals surface area contributed by atoms with Crippen LogP contribution in [0.2, 0.25) is 0 Å². The van der Waals surface area contributed by atoms with Crippen LogP contribution in [0, 0.1) is 6.92 Å². The number of nitrogens with one attached hydrogen (secondary N) is 4. The van der Waals surface area contributed by atoms with Gasteiger partial charge in [0.1, 0.15) is 6.04 Å². The van der Waals surface area contributed by atoms with Gasteiger partial charge in [0.2, 0.25) is 11.6 Å². The molecule has 188 valence electrons. The van der Waals surface area contributed by atoms with Crippen LogP contribution in [0.3, 0.4) is 0 Å². The molecule has 4 atom stereocenters. The zero-order chi connectivity index (χ0) is 25.7. The van der Waals surface area contributed by atoms with Crippen LogP contribution in [0.5, 0.6) is 0 Å². The lowest BCUT2D eigenvalue weighted by molar-refractivity contribution is -0.235. The third-order valence-corrected chi connectivity index (χ3v) is 7.52. The van der Waals surface area contributed by atoms with Crippen molar-refractivity contribution in [3.05, 3.63) is 22.0 Å². The molecule has 0 aliphatic carbocycles. The van der Waals surface area contributed by atoms with E-state index in [4.69, 9.17) is 10.6 Å². The molecule has 2 aromatic heterocycles. The molecule has 4 rings (SSSR count). The normalized spacial score (nSPS) is 25.8. The number of aromatic nitrogens is 2. The summed E-state index contributed by atoms with van der Waals surface area (Å²) in [5.74, 6) is -3.34. The fourth-order valence-corrected chi connectivity index (χ4v) is 5.44. The molecule has 4 heterocycles. The van der Waals surface area contributed by atoms with Crippen molar-refractivity contribution in [3.8, 4) is 0 Å². The number of hydrogen-bond acceptors (Lipinski definition) is 13. The zero-order valence-electron chi connectivity index (χ0n) is 17.8. The Morgan fingerprint density at radius 1 is 1.37 bits per heavy atom. The molecule has 7 N–H and O–H groups in total. The number of thiazole rings is 1. The quantitative estimate of drug-likeness (QED) is 0.217. The Bertz CT molecular complexity index is 1330. The number of likely N-dealkylation sites (tertiary alicyclic amines) is 1. The molecule has 0 radical (unpaired) electrons. The highest BCUT2D eigenvalue weighted by atomic mass is 32.2. The van der Waals surface area contributed by atoms with Crippen LogP contribution in [-0.2, 0) is 35.0 Å². The highest BCUT2D eigenvalue weighted by Crippen LogP contribution is 2.36. The highest BCUT2D eigenvalue weighted by molar-refractivity contribution is 7.91. The monoisotopic (exact) mass is 546 g/mol.